The van der Waals surface area contributed by atoms with E-state index >= 15 is 0 Å². The number of para-hydroxylation sites is 1. The van der Waals surface area contributed by atoms with Gasteiger partial charge in [-0.15, -0.1) is 5.10 Å². The third kappa shape index (κ3) is 4.21. The predicted octanol–water partition coefficient (Wildman–Crippen LogP) is 2.07. The third-order valence-corrected chi connectivity index (χ3v) is 5.40. The first-order valence-corrected chi connectivity index (χ1v) is 10.3. The molecule has 1 aromatic carbocycles. The van der Waals surface area contributed by atoms with E-state index in [1.54, 1.807) is 0 Å². The Morgan fingerprint density at radius 1 is 1.11 bits per heavy atom. The molecule has 0 amide bonds. The molecule has 0 spiro atoms. The smallest absolute Gasteiger partial charge is 0.241 e. The number of hydrogen-bond acceptors (Lipinski definition) is 8. The van der Waals surface area contributed by atoms with E-state index in [4.69, 9.17) is 4.52 Å². The van der Waals surface area contributed by atoms with E-state index in [9.17, 15) is 8.42 Å². The van der Waals surface area contributed by atoms with Crippen LogP contribution in [0.3, 0.4) is 0 Å². The Morgan fingerprint density at radius 3 is 2.37 bits per heavy atom. The number of aryl methyl sites for hydroxylation is 2. The lowest BCUT2D eigenvalue weighted by molar-refractivity contribution is 0.371. The standard InChI is InChI=1S/C17H22N6O3S/c1-11-7-6-8-12(2)15(11)23-13(19-21-22-23)9-27(24,25)10-14-18-16(20-26-14)17(3,4)5/h6-8H,9-10H2,1-5H3. The quantitative estimate of drug-likeness (QED) is 0.650. The van der Waals surface area contributed by atoms with Crippen LogP contribution in [0.5, 0.6) is 0 Å². The SMILES string of the molecule is Cc1cccc(C)c1-n1nnnc1CS(=O)(=O)Cc1nc(C(C)(C)C)no1. The topological polar surface area (TPSA) is 117 Å². The summed E-state index contributed by atoms with van der Waals surface area (Å²) in [6.45, 7) is 9.63. The molecule has 0 N–H and O–H groups in total. The molecule has 0 aliphatic carbocycles. The van der Waals surface area contributed by atoms with Crippen molar-refractivity contribution in [3.05, 3.63) is 46.9 Å². The van der Waals surface area contributed by atoms with Crippen molar-refractivity contribution < 1.29 is 12.9 Å². The summed E-state index contributed by atoms with van der Waals surface area (Å²) in [5.74, 6) is 0.0681. The molecule has 0 bridgehead atoms. The molecule has 2 heterocycles. The van der Waals surface area contributed by atoms with Crippen LogP contribution >= 0.6 is 0 Å². The van der Waals surface area contributed by atoms with Crippen LogP contribution in [0.4, 0.5) is 0 Å². The van der Waals surface area contributed by atoms with E-state index in [0.717, 1.165) is 16.8 Å². The van der Waals surface area contributed by atoms with E-state index in [0.29, 0.717) is 5.82 Å². The number of nitrogens with zero attached hydrogens (tertiary/aromatic N) is 6. The Balaban J connectivity index is 1.86. The summed E-state index contributed by atoms with van der Waals surface area (Å²) >= 11 is 0. The van der Waals surface area contributed by atoms with Gasteiger partial charge in [-0.2, -0.15) is 9.67 Å². The minimum Gasteiger partial charge on any atom is -0.338 e. The van der Waals surface area contributed by atoms with Gasteiger partial charge in [0.1, 0.15) is 11.5 Å². The second kappa shape index (κ2) is 6.84. The zero-order valence-electron chi connectivity index (χ0n) is 16.0. The second-order valence-electron chi connectivity index (χ2n) is 7.54. The van der Waals surface area contributed by atoms with E-state index in [2.05, 4.69) is 25.7 Å². The summed E-state index contributed by atoms with van der Waals surface area (Å²) in [5.41, 5.74) is 2.36. The number of aromatic nitrogens is 6. The maximum Gasteiger partial charge on any atom is 0.241 e. The first kappa shape index (κ1) is 19.2. The lowest BCUT2D eigenvalue weighted by Gasteiger charge is -2.11. The van der Waals surface area contributed by atoms with Gasteiger partial charge in [0.15, 0.2) is 21.5 Å². The molecule has 3 aromatic rings. The molecule has 27 heavy (non-hydrogen) atoms. The van der Waals surface area contributed by atoms with Crippen LogP contribution in [0.1, 0.15) is 49.4 Å². The largest absolute Gasteiger partial charge is 0.338 e. The lowest BCUT2D eigenvalue weighted by Crippen LogP contribution is -2.15. The van der Waals surface area contributed by atoms with Gasteiger partial charge in [-0.3, -0.25) is 0 Å². The number of rotatable bonds is 5. The Morgan fingerprint density at radius 2 is 1.78 bits per heavy atom. The molecular formula is C17H22N6O3S. The van der Waals surface area contributed by atoms with Gasteiger partial charge in [-0.05, 0) is 35.4 Å². The monoisotopic (exact) mass is 390 g/mol. The zero-order chi connectivity index (χ0) is 19.8. The number of sulfone groups is 1. The van der Waals surface area contributed by atoms with Gasteiger partial charge >= 0.3 is 0 Å². The Hall–Kier alpha value is -2.62. The van der Waals surface area contributed by atoms with E-state index in [-0.39, 0.29) is 28.6 Å². The molecule has 144 valence electrons. The van der Waals surface area contributed by atoms with E-state index in [1.165, 1.54) is 4.68 Å². The van der Waals surface area contributed by atoms with Crippen molar-refractivity contribution in [3.63, 3.8) is 0 Å². The summed E-state index contributed by atoms with van der Waals surface area (Å²) in [7, 11) is -3.61. The maximum atomic E-state index is 12.6. The van der Waals surface area contributed by atoms with Crippen LogP contribution in [-0.2, 0) is 26.8 Å². The molecule has 0 atom stereocenters. The average molecular weight is 390 g/mol. The molecule has 0 saturated heterocycles. The highest BCUT2D eigenvalue weighted by Gasteiger charge is 2.26. The number of tetrazole rings is 1. The molecule has 0 aliphatic heterocycles. The van der Waals surface area contributed by atoms with Crippen molar-refractivity contribution in [1.29, 1.82) is 0 Å². The molecule has 0 saturated carbocycles. The summed E-state index contributed by atoms with van der Waals surface area (Å²) in [5, 5.41) is 15.4. The number of benzene rings is 1. The van der Waals surface area contributed by atoms with Gasteiger partial charge < -0.3 is 4.52 Å². The highest BCUT2D eigenvalue weighted by atomic mass is 32.2. The first-order chi connectivity index (χ1) is 12.6. The summed E-state index contributed by atoms with van der Waals surface area (Å²) in [4.78, 5) is 4.19. The molecule has 0 fully saturated rings. The van der Waals surface area contributed by atoms with Gasteiger partial charge in [0.25, 0.3) is 0 Å². The Labute approximate surface area is 157 Å². The lowest BCUT2D eigenvalue weighted by atomic mass is 9.96. The Bertz CT molecular complexity index is 1040. The normalized spacial score (nSPS) is 12.5. The zero-order valence-corrected chi connectivity index (χ0v) is 16.8. The minimum absolute atomic E-state index is 0.0611. The summed E-state index contributed by atoms with van der Waals surface area (Å²) in [6, 6.07) is 5.78. The van der Waals surface area contributed by atoms with Gasteiger partial charge in [-0.1, -0.05) is 44.1 Å². The van der Waals surface area contributed by atoms with Crippen LogP contribution in [-0.4, -0.2) is 38.8 Å². The molecule has 2 aromatic heterocycles. The second-order valence-corrected chi connectivity index (χ2v) is 9.61. The van der Waals surface area contributed by atoms with Gasteiger partial charge in [0.2, 0.25) is 5.89 Å². The average Bonchev–Trinajstić information content (AvgIpc) is 3.16. The van der Waals surface area contributed by atoms with E-state index < -0.39 is 9.84 Å². The molecule has 0 unspecified atom stereocenters. The van der Waals surface area contributed by atoms with Crippen LogP contribution in [0.2, 0.25) is 0 Å². The van der Waals surface area contributed by atoms with Crippen molar-refractivity contribution >= 4 is 9.84 Å². The highest BCUT2D eigenvalue weighted by molar-refractivity contribution is 7.89. The van der Waals surface area contributed by atoms with Gasteiger partial charge in [0, 0.05) is 5.41 Å². The number of hydrogen-bond donors (Lipinski definition) is 0. The fraction of sp³-hybridized carbons (Fsp3) is 0.471. The molecule has 9 nitrogen and oxygen atoms in total. The van der Waals surface area contributed by atoms with Crippen molar-refractivity contribution in [2.24, 2.45) is 0 Å². The first-order valence-electron chi connectivity index (χ1n) is 8.44. The summed E-state index contributed by atoms with van der Waals surface area (Å²) in [6.07, 6.45) is 0. The maximum absolute atomic E-state index is 12.6. The van der Waals surface area contributed by atoms with Crippen molar-refractivity contribution in [3.8, 4) is 5.69 Å². The van der Waals surface area contributed by atoms with E-state index in [1.807, 2.05) is 52.8 Å². The predicted molar refractivity (Wildman–Crippen MR) is 98.0 cm³/mol. The summed E-state index contributed by atoms with van der Waals surface area (Å²) < 4.78 is 31.9. The molecule has 0 radical (unpaired) electrons. The van der Waals surface area contributed by atoms with Crippen molar-refractivity contribution in [2.75, 3.05) is 0 Å². The van der Waals surface area contributed by atoms with Gasteiger partial charge in [-0.25, -0.2) is 8.42 Å². The fourth-order valence-electron chi connectivity index (χ4n) is 2.66. The highest BCUT2D eigenvalue weighted by Crippen LogP contribution is 2.21. The minimum atomic E-state index is -3.61. The van der Waals surface area contributed by atoms with Crippen molar-refractivity contribution in [1.82, 2.24) is 30.3 Å². The van der Waals surface area contributed by atoms with Crippen LogP contribution < -0.4 is 0 Å². The fourth-order valence-corrected chi connectivity index (χ4v) is 3.83. The third-order valence-electron chi connectivity index (χ3n) is 4.02. The van der Waals surface area contributed by atoms with Crippen LogP contribution in [0.15, 0.2) is 22.7 Å². The van der Waals surface area contributed by atoms with Crippen LogP contribution in [0.25, 0.3) is 5.69 Å². The van der Waals surface area contributed by atoms with Gasteiger partial charge in [0.05, 0.1) is 5.69 Å². The van der Waals surface area contributed by atoms with Crippen molar-refractivity contribution in [2.45, 2.75) is 51.5 Å². The molecular weight excluding hydrogens is 368 g/mol. The Kier molecular flexibility index (Phi) is 4.85. The molecule has 10 heteroatoms. The molecule has 3 rings (SSSR count). The molecule has 0 aliphatic rings. The van der Waals surface area contributed by atoms with Crippen LogP contribution in [0, 0.1) is 13.8 Å².